The normalized spacial score (nSPS) is 19.0. The molecule has 0 aliphatic carbocycles. The standard InChI is InChI=1S/C14H19ClN2O4S/c1-21-13-5-4-11(15)7-12(13)14(18)17-6-2-3-10(8-17)9-22(16,19)20/h4-5,7,10H,2-3,6,8-9H2,1H3,(H2,16,19,20)/t10-/m1/s1. The number of halogens is 1. The van der Waals surface area contributed by atoms with Crippen LogP contribution in [0.3, 0.4) is 0 Å². The van der Waals surface area contributed by atoms with Gasteiger partial charge < -0.3 is 9.64 Å². The molecule has 1 fully saturated rings. The smallest absolute Gasteiger partial charge is 0.257 e. The number of amides is 1. The van der Waals surface area contributed by atoms with Crippen molar-refractivity contribution in [2.75, 3.05) is 26.0 Å². The van der Waals surface area contributed by atoms with E-state index in [1.165, 1.54) is 7.11 Å². The van der Waals surface area contributed by atoms with Crippen LogP contribution in [0.5, 0.6) is 5.75 Å². The Kier molecular flexibility index (Phi) is 5.31. The van der Waals surface area contributed by atoms with Crippen LogP contribution in [0.1, 0.15) is 23.2 Å². The summed E-state index contributed by atoms with van der Waals surface area (Å²) >= 11 is 5.95. The highest BCUT2D eigenvalue weighted by molar-refractivity contribution is 7.89. The van der Waals surface area contributed by atoms with Crippen molar-refractivity contribution in [1.82, 2.24) is 4.90 Å². The topological polar surface area (TPSA) is 89.7 Å². The van der Waals surface area contributed by atoms with E-state index in [-0.39, 0.29) is 17.6 Å². The third kappa shape index (κ3) is 4.34. The Bertz CT molecular complexity index is 663. The van der Waals surface area contributed by atoms with Crippen LogP contribution in [0.15, 0.2) is 18.2 Å². The van der Waals surface area contributed by atoms with Crippen molar-refractivity contribution in [2.24, 2.45) is 11.1 Å². The molecule has 2 N–H and O–H groups in total. The van der Waals surface area contributed by atoms with Crippen molar-refractivity contribution in [1.29, 1.82) is 0 Å². The molecule has 122 valence electrons. The highest BCUT2D eigenvalue weighted by Crippen LogP contribution is 2.26. The fourth-order valence-electron chi connectivity index (χ4n) is 2.73. The predicted molar refractivity (Wildman–Crippen MR) is 84.6 cm³/mol. The summed E-state index contributed by atoms with van der Waals surface area (Å²) in [5.74, 6) is -0.0111. The minimum Gasteiger partial charge on any atom is -0.496 e. The third-order valence-electron chi connectivity index (χ3n) is 3.67. The van der Waals surface area contributed by atoms with Gasteiger partial charge >= 0.3 is 0 Å². The van der Waals surface area contributed by atoms with Crippen molar-refractivity contribution in [3.8, 4) is 5.75 Å². The maximum atomic E-state index is 12.6. The Morgan fingerprint density at radius 1 is 1.50 bits per heavy atom. The summed E-state index contributed by atoms with van der Waals surface area (Å²) in [5.41, 5.74) is 0.381. The molecule has 0 aromatic heterocycles. The number of sulfonamides is 1. The van der Waals surface area contributed by atoms with Gasteiger partial charge in [-0.2, -0.15) is 0 Å². The number of rotatable bonds is 4. The molecule has 1 amide bonds. The van der Waals surface area contributed by atoms with Crippen LogP contribution in [0, 0.1) is 5.92 Å². The number of piperidine rings is 1. The predicted octanol–water partition coefficient (Wildman–Crippen LogP) is 1.49. The number of hydrogen-bond acceptors (Lipinski definition) is 4. The molecule has 0 unspecified atom stereocenters. The molecule has 2 rings (SSSR count). The van der Waals surface area contributed by atoms with Gasteiger partial charge in [-0.05, 0) is 37.0 Å². The molecule has 8 heteroatoms. The number of ether oxygens (including phenoxy) is 1. The van der Waals surface area contributed by atoms with Crippen LogP contribution in [0.4, 0.5) is 0 Å². The van der Waals surface area contributed by atoms with Crippen LogP contribution in [0.25, 0.3) is 0 Å². The number of likely N-dealkylation sites (tertiary alicyclic amines) is 1. The second-order valence-electron chi connectivity index (χ2n) is 5.43. The molecule has 0 bridgehead atoms. The van der Waals surface area contributed by atoms with Crippen LogP contribution in [0.2, 0.25) is 5.02 Å². The quantitative estimate of drug-likeness (QED) is 0.894. The summed E-state index contributed by atoms with van der Waals surface area (Å²) < 4.78 is 27.7. The zero-order chi connectivity index (χ0) is 16.3. The molecule has 1 aliphatic heterocycles. The average Bonchev–Trinajstić information content (AvgIpc) is 2.45. The molecule has 0 saturated carbocycles. The van der Waals surface area contributed by atoms with Crippen LogP contribution in [-0.4, -0.2) is 45.2 Å². The maximum Gasteiger partial charge on any atom is 0.257 e. The number of benzene rings is 1. The molecule has 1 saturated heterocycles. The van der Waals surface area contributed by atoms with Crippen molar-refractivity contribution in [3.05, 3.63) is 28.8 Å². The Balaban J connectivity index is 2.17. The fraction of sp³-hybridized carbons (Fsp3) is 0.500. The average molecular weight is 347 g/mol. The second kappa shape index (κ2) is 6.85. The third-order valence-corrected chi connectivity index (χ3v) is 4.84. The summed E-state index contributed by atoms with van der Waals surface area (Å²) in [6.45, 7) is 0.945. The van der Waals surface area contributed by atoms with Crippen molar-refractivity contribution < 1.29 is 17.9 Å². The monoisotopic (exact) mass is 346 g/mol. The molecule has 22 heavy (non-hydrogen) atoms. The van der Waals surface area contributed by atoms with Gasteiger partial charge in [-0.3, -0.25) is 4.79 Å². The Labute approximate surface area is 135 Å². The van der Waals surface area contributed by atoms with E-state index in [0.717, 1.165) is 12.8 Å². The summed E-state index contributed by atoms with van der Waals surface area (Å²) in [7, 11) is -2.05. The lowest BCUT2D eigenvalue weighted by Crippen LogP contribution is -2.42. The van der Waals surface area contributed by atoms with Gasteiger partial charge in [0.15, 0.2) is 0 Å². The van der Waals surface area contributed by atoms with Crippen molar-refractivity contribution in [3.63, 3.8) is 0 Å². The summed E-state index contributed by atoms with van der Waals surface area (Å²) in [4.78, 5) is 14.3. The first kappa shape index (κ1) is 17.1. The fourth-order valence-corrected chi connectivity index (χ4v) is 3.83. The van der Waals surface area contributed by atoms with Crippen molar-refractivity contribution >= 4 is 27.5 Å². The molecule has 1 aromatic rings. The SMILES string of the molecule is COc1ccc(Cl)cc1C(=O)N1CCC[C@@H](CS(N)(=O)=O)C1. The largest absolute Gasteiger partial charge is 0.496 e. The van der Waals surface area contributed by atoms with E-state index < -0.39 is 10.0 Å². The first-order valence-corrected chi connectivity index (χ1v) is 9.03. The molecular formula is C14H19ClN2O4S. The van der Waals surface area contributed by atoms with E-state index in [1.807, 2.05) is 0 Å². The van der Waals surface area contributed by atoms with E-state index in [1.54, 1.807) is 23.1 Å². The van der Waals surface area contributed by atoms with Crippen LogP contribution >= 0.6 is 11.6 Å². The minimum absolute atomic E-state index is 0.108. The lowest BCUT2D eigenvalue weighted by molar-refractivity contribution is 0.0681. The van der Waals surface area contributed by atoms with Crippen LogP contribution < -0.4 is 9.88 Å². The van der Waals surface area contributed by atoms with Gasteiger partial charge in [0, 0.05) is 18.1 Å². The highest BCUT2D eigenvalue weighted by Gasteiger charge is 2.28. The molecule has 0 radical (unpaired) electrons. The lowest BCUT2D eigenvalue weighted by Gasteiger charge is -2.32. The molecule has 1 aromatic carbocycles. The van der Waals surface area contributed by atoms with Gasteiger partial charge in [0.25, 0.3) is 5.91 Å². The first-order valence-electron chi connectivity index (χ1n) is 6.93. The van der Waals surface area contributed by atoms with E-state index in [4.69, 9.17) is 21.5 Å². The Morgan fingerprint density at radius 3 is 2.86 bits per heavy atom. The zero-order valence-electron chi connectivity index (χ0n) is 12.3. The number of carbonyl (C=O) groups is 1. The van der Waals surface area contributed by atoms with Gasteiger partial charge in [-0.1, -0.05) is 11.6 Å². The molecule has 0 spiro atoms. The maximum absolute atomic E-state index is 12.6. The number of primary sulfonamides is 1. The Hall–Kier alpha value is -1.31. The van der Waals surface area contributed by atoms with E-state index in [2.05, 4.69) is 0 Å². The van der Waals surface area contributed by atoms with E-state index in [0.29, 0.717) is 29.4 Å². The van der Waals surface area contributed by atoms with E-state index in [9.17, 15) is 13.2 Å². The van der Waals surface area contributed by atoms with Gasteiger partial charge in [-0.25, -0.2) is 13.6 Å². The number of nitrogens with two attached hydrogens (primary N) is 1. The van der Waals surface area contributed by atoms with Gasteiger partial charge in [0.2, 0.25) is 10.0 Å². The summed E-state index contributed by atoms with van der Waals surface area (Å²) in [6, 6.07) is 4.85. The first-order chi connectivity index (χ1) is 10.3. The molecule has 1 atom stereocenters. The number of carbonyl (C=O) groups excluding carboxylic acids is 1. The second-order valence-corrected chi connectivity index (χ2v) is 7.53. The zero-order valence-corrected chi connectivity index (χ0v) is 13.9. The van der Waals surface area contributed by atoms with Gasteiger partial charge in [-0.15, -0.1) is 0 Å². The van der Waals surface area contributed by atoms with E-state index >= 15 is 0 Å². The lowest BCUT2D eigenvalue weighted by atomic mass is 9.99. The summed E-state index contributed by atoms with van der Waals surface area (Å²) in [5, 5.41) is 5.54. The van der Waals surface area contributed by atoms with Gasteiger partial charge in [0.1, 0.15) is 5.75 Å². The molecule has 1 aliphatic rings. The molecule has 6 nitrogen and oxygen atoms in total. The number of methoxy groups -OCH3 is 1. The Morgan fingerprint density at radius 2 is 2.23 bits per heavy atom. The minimum atomic E-state index is -3.54. The highest BCUT2D eigenvalue weighted by atomic mass is 35.5. The number of hydrogen-bond donors (Lipinski definition) is 1. The molecular weight excluding hydrogens is 328 g/mol. The summed E-state index contributed by atoms with van der Waals surface area (Å²) in [6.07, 6.45) is 1.49. The number of nitrogens with zero attached hydrogens (tertiary/aromatic N) is 1. The molecule has 1 heterocycles. The van der Waals surface area contributed by atoms with Crippen molar-refractivity contribution in [2.45, 2.75) is 12.8 Å². The van der Waals surface area contributed by atoms with Gasteiger partial charge in [0.05, 0.1) is 18.4 Å². The van der Waals surface area contributed by atoms with Crippen LogP contribution in [-0.2, 0) is 10.0 Å².